The number of rotatable bonds is 4. The predicted octanol–water partition coefficient (Wildman–Crippen LogP) is 1.72. The highest BCUT2D eigenvalue weighted by molar-refractivity contribution is 7.09. The summed E-state index contributed by atoms with van der Waals surface area (Å²) in [6.45, 7) is 1.76. The standard InChI is InChI=1S/C12H13N3OS/c1-8(12(13)16)10-3-2-9(7-15-10)6-11-14-4-5-17-11/h2-5,7-8H,6H2,1H3,(H2,13,16). The van der Waals surface area contributed by atoms with Gasteiger partial charge in [0.2, 0.25) is 5.91 Å². The van der Waals surface area contributed by atoms with Gasteiger partial charge in [-0.05, 0) is 18.6 Å². The molecule has 0 radical (unpaired) electrons. The van der Waals surface area contributed by atoms with E-state index in [0.717, 1.165) is 17.0 Å². The first-order valence-electron chi connectivity index (χ1n) is 5.29. The van der Waals surface area contributed by atoms with Crippen molar-refractivity contribution in [3.05, 3.63) is 46.2 Å². The molecule has 17 heavy (non-hydrogen) atoms. The Labute approximate surface area is 104 Å². The third-order valence-corrected chi connectivity index (χ3v) is 3.34. The second-order valence-electron chi connectivity index (χ2n) is 3.82. The number of pyridine rings is 1. The highest BCUT2D eigenvalue weighted by Gasteiger charge is 2.12. The first-order valence-corrected chi connectivity index (χ1v) is 6.17. The molecular weight excluding hydrogens is 234 g/mol. The average molecular weight is 247 g/mol. The monoisotopic (exact) mass is 247 g/mol. The van der Waals surface area contributed by atoms with Gasteiger partial charge in [-0.3, -0.25) is 9.78 Å². The van der Waals surface area contributed by atoms with Gasteiger partial charge >= 0.3 is 0 Å². The third kappa shape index (κ3) is 2.88. The second-order valence-corrected chi connectivity index (χ2v) is 4.80. The smallest absolute Gasteiger partial charge is 0.226 e. The van der Waals surface area contributed by atoms with Crippen LogP contribution in [-0.2, 0) is 11.2 Å². The fraction of sp³-hybridized carbons (Fsp3) is 0.250. The van der Waals surface area contributed by atoms with Crippen LogP contribution in [0.25, 0.3) is 0 Å². The van der Waals surface area contributed by atoms with Crippen LogP contribution in [0.1, 0.15) is 29.1 Å². The van der Waals surface area contributed by atoms with Crippen LogP contribution in [0.4, 0.5) is 0 Å². The van der Waals surface area contributed by atoms with Crippen molar-refractivity contribution in [1.82, 2.24) is 9.97 Å². The highest BCUT2D eigenvalue weighted by atomic mass is 32.1. The fourth-order valence-electron chi connectivity index (χ4n) is 1.46. The molecule has 1 atom stereocenters. The molecule has 0 fully saturated rings. The summed E-state index contributed by atoms with van der Waals surface area (Å²) in [7, 11) is 0. The molecule has 0 aliphatic rings. The van der Waals surface area contributed by atoms with E-state index in [0.29, 0.717) is 5.69 Å². The Balaban J connectivity index is 2.10. The van der Waals surface area contributed by atoms with Crippen molar-refractivity contribution >= 4 is 17.2 Å². The van der Waals surface area contributed by atoms with Crippen molar-refractivity contribution in [2.75, 3.05) is 0 Å². The van der Waals surface area contributed by atoms with Crippen LogP contribution in [0, 0.1) is 0 Å². The molecule has 4 nitrogen and oxygen atoms in total. The molecule has 0 saturated carbocycles. The lowest BCUT2D eigenvalue weighted by Gasteiger charge is -2.06. The van der Waals surface area contributed by atoms with Crippen molar-refractivity contribution in [2.45, 2.75) is 19.3 Å². The van der Waals surface area contributed by atoms with Crippen LogP contribution in [0.2, 0.25) is 0 Å². The third-order valence-electron chi connectivity index (χ3n) is 2.56. The summed E-state index contributed by atoms with van der Waals surface area (Å²) in [5.41, 5.74) is 7.02. The SMILES string of the molecule is CC(C(N)=O)c1ccc(Cc2nccs2)cn1. The van der Waals surface area contributed by atoms with Crippen LogP contribution in [-0.4, -0.2) is 15.9 Å². The van der Waals surface area contributed by atoms with Crippen molar-refractivity contribution < 1.29 is 4.79 Å². The lowest BCUT2D eigenvalue weighted by molar-refractivity contribution is -0.119. The number of thiazole rings is 1. The van der Waals surface area contributed by atoms with E-state index < -0.39 is 0 Å². The molecule has 0 aliphatic heterocycles. The lowest BCUT2D eigenvalue weighted by Crippen LogP contribution is -2.19. The van der Waals surface area contributed by atoms with E-state index in [1.165, 1.54) is 0 Å². The Morgan fingerprint density at radius 3 is 2.82 bits per heavy atom. The number of primary amides is 1. The molecule has 0 saturated heterocycles. The number of amides is 1. The summed E-state index contributed by atoms with van der Waals surface area (Å²) in [5.74, 6) is -0.700. The maximum atomic E-state index is 11.0. The lowest BCUT2D eigenvalue weighted by atomic mass is 10.1. The number of hydrogen-bond acceptors (Lipinski definition) is 4. The molecular formula is C12H13N3OS. The van der Waals surface area contributed by atoms with Gasteiger partial charge in [0, 0.05) is 24.2 Å². The zero-order valence-electron chi connectivity index (χ0n) is 9.46. The summed E-state index contributed by atoms with van der Waals surface area (Å²) < 4.78 is 0. The molecule has 1 unspecified atom stereocenters. The molecule has 1 amide bonds. The Hall–Kier alpha value is -1.75. The summed E-state index contributed by atoms with van der Waals surface area (Å²) in [6, 6.07) is 3.81. The van der Waals surface area contributed by atoms with Gasteiger partial charge in [0.15, 0.2) is 0 Å². The second kappa shape index (κ2) is 5.05. The Morgan fingerprint density at radius 1 is 1.47 bits per heavy atom. The zero-order chi connectivity index (χ0) is 12.3. The van der Waals surface area contributed by atoms with E-state index in [9.17, 15) is 4.79 Å². The predicted molar refractivity (Wildman–Crippen MR) is 66.8 cm³/mol. The van der Waals surface area contributed by atoms with E-state index >= 15 is 0 Å². The van der Waals surface area contributed by atoms with Gasteiger partial charge in [-0.2, -0.15) is 0 Å². The molecule has 88 valence electrons. The minimum Gasteiger partial charge on any atom is -0.369 e. The van der Waals surface area contributed by atoms with Crippen molar-refractivity contribution in [1.29, 1.82) is 0 Å². The van der Waals surface area contributed by atoms with Gasteiger partial charge < -0.3 is 5.73 Å². The van der Waals surface area contributed by atoms with Crippen molar-refractivity contribution in [2.24, 2.45) is 5.73 Å². The Bertz CT molecular complexity index is 493. The minimum atomic E-state index is -0.356. The van der Waals surface area contributed by atoms with Gasteiger partial charge in [-0.25, -0.2) is 4.98 Å². The average Bonchev–Trinajstić information content (AvgIpc) is 2.82. The molecule has 0 bridgehead atoms. The Morgan fingerprint density at radius 2 is 2.29 bits per heavy atom. The molecule has 0 aromatic carbocycles. The number of carbonyl (C=O) groups is 1. The van der Waals surface area contributed by atoms with Gasteiger partial charge in [-0.15, -0.1) is 11.3 Å². The zero-order valence-corrected chi connectivity index (χ0v) is 10.3. The van der Waals surface area contributed by atoms with E-state index in [4.69, 9.17) is 5.73 Å². The first kappa shape index (κ1) is 11.7. The number of nitrogens with zero attached hydrogens (tertiary/aromatic N) is 2. The van der Waals surface area contributed by atoms with Crippen LogP contribution < -0.4 is 5.73 Å². The molecule has 5 heteroatoms. The molecule has 2 rings (SSSR count). The van der Waals surface area contributed by atoms with Gasteiger partial charge in [-0.1, -0.05) is 6.07 Å². The molecule has 0 aliphatic carbocycles. The number of nitrogens with two attached hydrogens (primary N) is 1. The van der Waals surface area contributed by atoms with Crippen LogP contribution in [0.3, 0.4) is 0 Å². The van der Waals surface area contributed by atoms with Crippen molar-refractivity contribution in [3.8, 4) is 0 Å². The van der Waals surface area contributed by atoms with Gasteiger partial charge in [0.1, 0.15) is 0 Å². The van der Waals surface area contributed by atoms with Crippen LogP contribution >= 0.6 is 11.3 Å². The highest BCUT2D eigenvalue weighted by Crippen LogP contribution is 2.15. The normalized spacial score (nSPS) is 12.3. The van der Waals surface area contributed by atoms with E-state index in [-0.39, 0.29) is 11.8 Å². The molecule has 2 aromatic heterocycles. The van der Waals surface area contributed by atoms with Gasteiger partial charge in [0.05, 0.1) is 16.6 Å². The number of aromatic nitrogens is 2. The molecule has 0 spiro atoms. The van der Waals surface area contributed by atoms with E-state index in [1.807, 2.05) is 17.5 Å². The molecule has 2 heterocycles. The Kier molecular flexibility index (Phi) is 3.49. The van der Waals surface area contributed by atoms with E-state index in [1.54, 1.807) is 30.7 Å². The summed E-state index contributed by atoms with van der Waals surface area (Å²) >= 11 is 1.62. The summed E-state index contributed by atoms with van der Waals surface area (Å²) in [4.78, 5) is 19.5. The maximum absolute atomic E-state index is 11.0. The first-order chi connectivity index (χ1) is 8.16. The summed E-state index contributed by atoms with van der Waals surface area (Å²) in [6.07, 6.45) is 4.34. The van der Waals surface area contributed by atoms with Crippen molar-refractivity contribution in [3.63, 3.8) is 0 Å². The molecule has 2 N–H and O–H groups in total. The quantitative estimate of drug-likeness (QED) is 0.894. The topological polar surface area (TPSA) is 68.9 Å². The largest absolute Gasteiger partial charge is 0.369 e. The fourth-order valence-corrected chi connectivity index (χ4v) is 2.11. The summed E-state index contributed by atoms with van der Waals surface area (Å²) in [5, 5.41) is 3.01. The van der Waals surface area contributed by atoms with E-state index in [2.05, 4.69) is 9.97 Å². The molecule has 2 aromatic rings. The number of carbonyl (C=O) groups excluding carboxylic acids is 1. The van der Waals surface area contributed by atoms with Gasteiger partial charge in [0.25, 0.3) is 0 Å². The maximum Gasteiger partial charge on any atom is 0.226 e. The number of hydrogen-bond donors (Lipinski definition) is 1. The minimum absolute atomic E-state index is 0.344. The van der Waals surface area contributed by atoms with Crippen LogP contribution in [0.15, 0.2) is 29.9 Å². The van der Waals surface area contributed by atoms with Crippen LogP contribution in [0.5, 0.6) is 0 Å².